The van der Waals surface area contributed by atoms with Gasteiger partial charge in [-0.3, -0.25) is 4.79 Å². The predicted molar refractivity (Wildman–Crippen MR) is 78.6 cm³/mol. The highest BCUT2D eigenvalue weighted by Gasteiger charge is 2.03. The normalized spacial score (nSPS) is 10.7. The van der Waals surface area contributed by atoms with Crippen LogP contribution in [0, 0.1) is 6.92 Å². The number of aryl methyl sites for hydroxylation is 1. The molecule has 0 fully saturated rings. The van der Waals surface area contributed by atoms with Crippen molar-refractivity contribution in [3.63, 3.8) is 0 Å². The van der Waals surface area contributed by atoms with E-state index in [2.05, 4.69) is 5.32 Å². The Kier molecular flexibility index (Phi) is 4.05. The SMILES string of the molecule is Cc1ccc(NC(=O)/C=C/c2ccc(O)cc2)c(O)c1. The number of anilines is 1. The molecule has 0 aromatic heterocycles. The zero-order valence-corrected chi connectivity index (χ0v) is 11.0. The fourth-order valence-corrected chi connectivity index (χ4v) is 1.68. The first-order valence-electron chi connectivity index (χ1n) is 6.12. The largest absolute Gasteiger partial charge is 0.508 e. The Hall–Kier alpha value is -2.75. The molecule has 0 radical (unpaired) electrons. The van der Waals surface area contributed by atoms with Crippen molar-refractivity contribution in [2.24, 2.45) is 0 Å². The van der Waals surface area contributed by atoms with Gasteiger partial charge in [0.2, 0.25) is 5.91 Å². The first-order valence-corrected chi connectivity index (χ1v) is 6.12. The van der Waals surface area contributed by atoms with Crippen LogP contribution in [0.25, 0.3) is 6.08 Å². The third-order valence-electron chi connectivity index (χ3n) is 2.73. The maximum Gasteiger partial charge on any atom is 0.248 e. The Morgan fingerprint density at radius 2 is 1.80 bits per heavy atom. The molecular weight excluding hydrogens is 254 g/mol. The Bertz CT molecular complexity index is 645. The van der Waals surface area contributed by atoms with E-state index in [0.29, 0.717) is 5.69 Å². The highest BCUT2D eigenvalue weighted by Crippen LogP contribution is 2.23. The van der Waals surface area contributed by atoms with Gasteiger partial charge in [-0.15, -0.1) is 0 Å². The number of carbonyl (C=O) groups is 1. The summed E-state index contributed by atoms with van der Waals surface area (Å²) < 4.78 is 0. The molecular formula is C16H15NO3. The molecule has 3 N–H and O–H groups in total. The number of carbonyl (C=O) groups excluding carboxylic acids is 1. The van der Waals surface area contributed by atoms with Crippen LogP contribution < -0.4 is 5.32 Å². The van der Waals surface area contributed by atoms with E-state index in [0.717, 1.165) is 11.1 Å². The minimum Gasteiger partial charge on any atom is -0.508 e. The molecule has 0 aliphatic rings. The molecule has 20 heavy (non-hydrogen) atoms. The van der Waals surface area contributed by atoms with Crippen LogP contribution in [-0.2, 0) is 4.79 Å². The van der Waals surface area contributed by atoms with Crippen molar-refractivity contribution in [2.45, 2.75) is 6.92 Å². The van der Waals surface area contributed by atoms with Crippen molar-refractivity contribution in [2.75, 3.05) is 5.32 Å². The molecule has 102 valence electrons. The minimum absolute atomic E-state index is 0.0383. The zero-order valence-electron chi connectivity index (χ0n) is 11.0. The van der Waals surface area contributed by atoms with Crippen molar-refractivity contribution in [1.29, 1.82) is 0 Å². The fraction of sp³-hybridized carbons (Fsp3) is 0.0625. The zero-order chi connectivity index (χ0) is 14.5. The lowest BCUT2D eigenvalue weighted by atomic mass is 10.2. The van der Waals surface area contributed by atoms with Crippen LogP contribution in [0.1, 0.15) is 11.1 Å². The summed E-state index contributed by atoms with van der Waals surface area (Å²) >= 11 is 0. The standard InChI is InChI=1S/C16H15NO3/c1-11-2-8-14(15(19)10-11)17-16(20)9-5-12-3-6-13(18)7-4-12/h2-10,18-19H,1H3,(H,17,20)/b9-5+. The van der Waals surface area contributed by atoms with Gasteiger partial charge >= 0.3 is 0 Å². The molecule has 0 aliphatic heterocycles. The van der Waals surface area contributed by atoms with E-state index in [1.807, 2.05) is 6.92 Å². The lowest BCUT2D eigenvalue weighted by Crippen LogP contribution is -2.07. The smallest absolute Gasteiger partial charge is 0.248 e. The van der Waals surface area contributed by atoms with E-state index >= 15 is 0 Å². The second kappa shape index (κ2) is 5.93. The Balaban J connectivity index is 2.03. The molecule has 4 nitrogen and oxygen atoms in total. The molecule has 2 rings (SSSR count). The third kappa shape index (κ3) is 3.62. The highest BCUT2D eigenvalue weighted by atomic mass is 16.3. The summed E-state index contributed by atoms with van der Waals surface area (Å²) in [6.07, 6.45) is 2.99. The summed E-state index contributed by atoms with van der Waals surface area (Å²) in [7, 11) is 0. The van der Waals surface area contributed by atoms with Crippen LogP contribution in [0.4, 0.5) is 5.69 Å². The van der Waals surface area contributed by atoms with Crippen molar-refractivity contribution in [3.05, 3.63) is 59.7 Å². The van der Waals surface area contributed by atoms with Gasteiger partial charge in [0.1, 0.15) is 11.5 Å². The first kappa shape index (κ1) is 13.7. The van der Waals surface area contributed by atoms with Gasteiger partial charge in [-0.05, 0) is 48.4 Å². The van der Waals surface area contributed by atoms with Crippen molar-refractivity contribution in [3.8, 4) is 11.5 Å². The molecule has 0 heterocycles. The summed E-state index contributed by atoms with van der Waals surface area (Å²) in [5, 5.41) is 21.4. The van der Waals surface area contributed by atoms with Crippen molar-refractivity contribution >= 4 is 17.7 Å². The number of benzene rings is 2. The molecule has 0 unspecified atom stereocenters. The summed E-state index contributed by atoms with van der Waals surface area (Å²) in [4.78, 5) is 11.7. The number of hydrogen-bond acceptors (Lipinski definition) is 3. The molecule has 2 aromatic carbocycles. The second-order valence-corrected chi connectivity index (χ2v) is 4.43. The Morgan fingerprint density at radius 1 is 1.10 bits per heavy atom. The number of nitrogens with one attached hydrogen (secondary N) is 1. The highest BCUT2D eigenvalue weighted by molar-refractivity contribution is 6.02. The first-order chi connectivity index (χ1) is 9.54. The topological polar surface area (TPSA) is 69.6 Å². The predicted octanol–water partition coefficient (Wildman–Crippen LogP) is 3.06. The average molecular weight is 269 g/mol. The maximum atomic E-state index is 11.7. The Morgan fingerprint density at radius 3 is 2.45 bits per heavy atom. The molecule has 0 aliphatic carbocycles. The lowest BCUT2D eigenvalue weighted by molar-refractivity contribution is -0.111. The van der Waals surface area contributed by atoms with E-state index in [9.17, 15) is 9.90 Å². The molecule has 1 amide bonds. The summed E-state index contributed by atoms with van der Waals surface area (Å²) in [6, 6.07) is 11.5. The lowest BCUT2D eigenvalue weighted by Gasteiger charge is -2.05. The van der Waals surface area contributed by atoms with Gasteiger partial charge in [0.05, 0.1) is 5.69 Å². The third-order valence-corrected chi connectivity index (χ3v) is 2.73. The molecule has 4 heteroatoms. The number of hydrogen-bond donors (Lipinski definition) is 3. The van der Waals surface area contributed by atoms with Crippen LogP contribution >= 0.6 is 0 Å². The van der Waals surface area contributed by atoms with Gasteiger partial charge in [-0.1, -0.05) is 18.2 Å². The number of rotatable bonds is 3. The monoisotopic (exact) mass is 269 g/mol. The van der Waals surface area contributed by atoms with Gasteiger partial charge in [-0.2, -0.15) is 0 Å². The van der Waals surface area contributed by atoms with Gasteiger partial charge < -0.3 is 15.5 Å². The van der Waals surface area contributed by atoms with Gasteiger partial charge in [0, 0.05) is 6.08 Å². The van der Waals surface area contributed by atoms with Crippen molar-refractivity contribution in [1.82, 2.24) is 0 Å². The van der Waals surface area contributed by atoms with Crippen LogP contribution in [-0.4, -0.2) is 16.1 Å². The number of phenols is 2. The molecule has 0 saturated carbocycles. The molecule has 2 aromatic rings. The quantitative estimate of drug-likeness (QED) is 0.592. The Labute approximate surface area is 117 Å². The van der Waals surface area contributed by atoms with Crippen molar-refractivity contribution < 1.29 is 15.0 Å². The average Bonchev–Trinajstić information content (AvgIpc) is 2.41. The van der Waals surface area contributed by atoms with E-state index < -0.39 is 0 Å². The van der Waals surface area contributed by atoms with Gasteiger partial charge in [0.25, 0.3) is 0 Å². The van der Waals surface area contributed by atoms with Crippen LogP contribution in [0.5, 0.6) is 11.5 Å². The minimum atomic E-state index is -0.336. The van der Waals surface area contributed by atoms with Gasteiger partial charge in [-0.25, -0.2) is 0 Å². The second-order valence-electron chi connectivity index (χ2n) is 4.43. The van der Waals surface area contributed by atoms with Crippen LogP contribution in [0.2, 0.25) is 0 Å². The summed E-state index contributed by atoms with van der Waals surface area (Å²) in [5.74, 6) is -0.121. The number of phenolic OH excluding ortho intramolecular Hbond substituents is 2. The summed E-state index contributed by atoms with van der Waals surface area (Å²) in [6.45, 7) is 1.86. The molecule has 0 saturated heterocycles. The van der Waals surface area contributed by atoms with E-state index in [4.69, 9.17) is 5.11 Å². The van der Waals surface area contributed by atoms with Crippen LogP contribution in [0.15, 0.2) is 48.5 Å². The maximum absolute atomic E-state index is 11.7. The number of aromatic hydroxyl groups is 2. The van der Waals surface area contributed by atoms with Gasteiger partial charge in [0.15, 0.2) is 0 Å². The fourth-order valence-electron chi connectivity index (χ4n) is 1.68. The van der Waals surface area contributed by atoms with E-state index in [1.54, 1.807) is 48.5 Å². The summed E-state index contributed by atoms with van der Waals surface area (Å²) in [5.41, 5.74) is 2.09. The molecule has 0 spiro atoms. The molecule has 0 bridgehead atoms. The van der Waals surface area contributed by atoms with E-state index in [1.165, 1.54) is 6.08 Å². The molecule has 0 atom stereocenters. The number of amides is 1. The van der Waals surface area contributed by atoms with E-state index in [-0.39, 0.29) is 17.4 Å². The van der Waals surface area contributed by atoms with Crippen LogP contribution in [0.3, 0.4) is 0 Å².